The van der Waals surface area contributed by atoms with Gasteiger partial charge in [-0.3, -0.25) is 0 Å². The molecule has 1 heterocycles. The summed E-state index contributed by atoms with van der Waals surface area (Å²) in [5, 5.41) is 12.9. The SMILES string of the molecule is CC(N)c1ncn(Cc2cc(F)cc(C#N)c2)n1. The van der Waals surface area contributed by atoms with Crippen LogP contribution >= 0.6 is 0 Å². The highest BCUT2D eigenvalue weighted by Gasteiger charge is 2.07. The van der Waals surface area contributed by atoms with E-state index in [1.807, 2.05) is 6.07 Å². The zero-order valence-electron chi connectivity index (χ0n) is 9.84. The Morgan fingerprint density at radius 2 is 2.28 bits per heavy atom. The lowest BCUT2D eigenvalue weighted by Crippen LogP contribution is -2.08. The molecule has 2 rings (SSSR count). The van der Waals surface area contributed by atoms with Crippen LogP contribution < -0.4 is 5.73 Å². The van der Waals surface area contributed by atoms with Gasteiger partial charge in [0.05, 0.1) is 24.2 Å². The van der Waals surface area contributed by atoms with Crippen LogP contribution in [0.4, 0.5) is 4.39 Å². The smallest absolute Gasteiger partial charge is 0.166 e. The van der Waals surface area contributed by atoms with Crippen molar-refractivity contribution in [3.63, 3.8) is 0 Å². The molecule has 0 radical (unpaired) electrons. The van der Waals surface area contributed by atoms with Crippen molar-refractivity contribution in [2.24, 2.45) is 5.73 Å². The van der Waals surface area contributed by atoms with E-state index in [1.54, 1.807) is 17.7 Å². The summed E-state index contributed by atoms with van der Waals surface area (Å²) in [5.41, 5.74) is 6.60. The molecule has 2 N–H and O–H groups in total. The number of hydrogen-bond donors (Lipinski definition) is 1. The van der Waals surface area contributed by atoms with Crippen molar-refractivity contribution in [1.29, 1.82) is 5.26 Å². The van der Waals surface area contributed by atoms with Crippen LogP contribution in [0.25, 0.3) is 0 Å². The Labute approximate surface area is 104 Å². The summed E-state index contributed by atoms with van der Waals surface area (Å²) in [6, 6.07) is 5.85. The summed E-state index contributed by atoms with van der Waals surface area (Å²) in [5.74, 6) is 0.100. The minimum Gasteiger partial charge on any atom is -0.321 e. The molecule has 0 aliphatic carbocycles. The van der Waals surface area contributed by atoms with Gasteiger partial charge in [-0.1, -0.05) is 0 Å². The first-order chi connectivity index (χ1) is 8.58. The monoisotopic (exact) mass is 245 g/mol. The third kappa shape index (κ3) is 2.70. The van der Waals surface area contributed by atoms with Crippen molar-refractivity contribution < 1.29 is 4.39 Å². The number of nitrogens with two attached hydrogens (primary N) is 1. The van der Waals surface area contributed by atoms with Crippen LogP contribution in [-0.4, -0.2) is 14.8 Å². The van der Waals surface area contributed by atoms with Crippen LogP contribution in [0, 0.1) is 17.1 Å². The number of hydrogen-bond acceptors (Lipinski definition) is 4. The lowest BCUT2D eigenvalue weighted by Gasteiger charge is -2.02. The lowest BCUT2D eigenvalue weighted by molar-refractivity contribution is 0.615. The van der Waals surface area contributed by atoms with E-state index in [0.29, 0.717) is 17.9 Å². The topological polar surface area (TPSA) is 80.5 Å². The predicted molar refractivity (Wildman–Crippen MR) is 62.8 cm³/mol. The first-order valence-corrected chi connectivity index (χ1v) is 5.43. The lowest BCUT2D eigenvalue weighted by atomic mass is 10.1. The number of rotatable bonds is 3. The van der Waals surface area contributed by atoms with Gasteiger partial charge in [0.15, 0.2) is 5.82 Å². The molecular formula is C12H12FN5. The van der Waals surface area contributed by atoms with Crippen molar-refractivity contribution in [3.8, 4) is 6.07 Å². The molecule has 1 aromatic heterocycles. The van der Waals surface area contributed by atoms with Gasteiger partial charge in [-0.05, 0) is 30.7 Å². The highest BCUT2D eigenvalue weighted by molar-refractivity contribution is 5.33. The van der Waals surface area contributed by atoms with Crippen LogP contribution in [0.3, 0.4) is 0 Å². The van der Waals surface area contributed by atoms with Crippen molar-refractivity contribution in [2.45, 2.75) is 19.5 Å². The summed E-state index contributed by atoms with van der Waals surface area (Å²) >= 11 is 0. The number of halogens is 1. The second-order valence-electron chi connectivity index (χ2n) is 4.05. The van der Waals surface area contributed by atoms with Gasteiger partial charge in [0.25, 0.3) is 0 Å². The third-order valence-electron chi connectivity index (χ3n) is 2.39. The number of nitriles is 1. The molecule has 1 unspecified atom stereocenters. The van der Waals surface area contributed by atoms with E-state index < -0.39 is 5.82 Å². The standard InChI is InChI=1S/C12H12FN5/c1-8(15)12-16-7-18(17-12)6-10-2-9(5-14)3-11(13)4-10/h2-4,7-8H,6,15H2,1H3. The van der Waals surface area contributed by atoms with E-state index >= 15 is 0 Å². The Balaban J connectivity index is 2.23. The normalized spacial score (nSPS) is 12.1. The molecule has 0 fully saturated rings. The molecular weight excluding hydrogens is 233 g/mol. The van der Waals surface area contributed by atoms with E-state index in [9.17, 15) is 4.39 Å². The molecule has 1 aromatic carbocycles. The van der Waals surface area contributed by atoms with Crippen molar-refractivity contribution in [2.75, 3.05) is 0 Å². The third-order valence-corrected chi connectivity index (χ3v) is 2.39. The minimum atomic E-state index is -0.434. The quantitative estimate of drug-likeness (QED) is 0.885. The Bertz CT molecular complexity index is 597. The van der Waals surface area contributed by atoms with E-state index in [4.69, 9.17) is 11.0 Å². The van der Waals surface area contributed by atoms with Crippen LogP contribution in [0.15, 0.2) is 24.5 Å². The van der Waals surface area contributed by atoms with Gasteiger partial charge in [0.2, 0.25) is 0 Å². The fourth-order valence-electron chi connectivity index (χ4n) is 1.59. The molecule has 0 saturated heterocycles. The largest absolute Gasteiger partial charge is 0.321 e. The highest BCUT2D eigenvalue weighted by Crippen LogP contribution is 2.10. The first-order valence-electron chi connectivity index (χ1n) is 5.43. The Morgan fingerprint density at radius 3 is 2.89 bits per heavy atom. The van der Waals surface area contributed by atoms with E-state index in [1.165, 1.54) is 18.5 Å². The van der Waals surface area contributed by atoms with Crippen molar-refractivity contribution >= 4 is 0 Å². The Kier molecular flexibility index (Phi) is 3.35. The second-order valence-corrected chi connectivity index (χ2v) is 4.05. The first kappa shape index (κ1) is 12.2. The number of benzene rings is 1. The van der Waals surface area contributed by atoms with Gasteiger partial charge in [0.1, 0.15) is 12.1 Å². The zero-order chi connectivity index (χ0) is 13.1. The van der Waals surface area contributed by atoms with Gasteiger partial charge in [-0.15, -0.1) is 0 Å². The maximum atomic E-state index is 13.2. The molecule has 0 saturated carbocycles. The molecule has 0 spiro atoms. The van der Waals surface area contributed by atoms with Crippen molar-refractivity contribution in [1.82, 2.24) is 14.8 Å². The molecule has 6 heteroatoms. The summed E-state index contributed by atoms with van der Waals surface area (Å²) in [6.07, 6.45) is 1.54. The maximum Gasteiger partial charge on any atom is 0.166 e. The molecule has 1 atom stereocenters. The van der Waals surface area contributed by atoms with E-state index in [2.05, 4.69) is 10.1 Å². The minimum absolute atomic E-state index is 0.242. The van der Waals surface area contributed by atoms with Gasteiger partial charge in [-0.2, -0.15) is 10.4 Å². The van der Waals surface area contributed by atoms with Crippen molar-refractivity contribution in [3.05, 3.63) is 47.3 Å². The average Bonchev–Trinajstić information content (AvgIpc) is 2.76. The zero-order valence-corrected chi connectivity index (χ0v) is 9.84. The van der Waals surface area contributed by atoms with Gasteiger partial charge in [-0.25, -0.2) is 14.1 Å². The molecule has 0 aliphatic rings. The van der Waals surface area contributed by atoms with Gasteiger partial charge < -0.3 is 5.73 Å². The predicted octanol–water partition coefficient (Wildman–Crippen LogP) is 1.36. The Morgan fingerprint density at radius 1 is 1.50 bits per heavy atom. The van der Waals surface area contributed by atoms with Crippen LogP contribution in [0.2, 0.25) is 0 Å². The van der Waals surface area contributed by atoms with Gasteiger partial charge in [0, 0.05) is 0 Å². The van der Waals surface area contributed by atoms with Crippen LogP contribution in [-0.2, 0) is 6.54 Å². The molecule has 0 aliphatic heterocycles. The molecule has 5 nitrogen and oxygen atoms in total. The maximum absolute atomic E-state index is 13.2. The molecule has 2 aromatic rings. The highest BCUT2D eigenvalue weighted by atomic mass is 19.1. The Hall–Kier alpha value is -2.26. The summed E-state index contributed by atoms with van der Waals surface area (Å²) in [4.78, 5) is 4.04. The fourth-order valence-corrected chi connectivity index (χ4v) is 1.59. The molecule has 0 bridgehead atoms. The summed E-state index contributed by atoms with van der Waals surface area (Å²) < 4.78 is 14.8. The fraction of sp³-hybridized carbons (Fsp3) is 0.250. The molecule has 18 heavy (non-hydrogen) atoms. The summed E-state index contributed by atoms with van der Waals surface area (Å²) in [7, 11) is 0. The van der Waals surface area contributed by atoms with Gasteiger partial charge >= 0.3 is 0 Å². The number of aromatic nitrogens is 3. The molecule has 92 valence electrons. The summed E-state index contributed by atoms with van der Waals surface area (Å²) in [6.45, 7) is 2.14. The number of nitrogens with zero attached hydrogens (tertiary/aromatic N) is 4. The molecule has 0 amide bonds. The second kappa shape index (κ2) is 4.94. The van der Waals surface area contributed by atoms with E-state index in [-0.39, 0.29) is 11.6 Å². The van der Waals surface area contributed by atoms with Crippen LogP contribution in [0.5, 0.6) is 0 Å². The van der Waals surface area contributed by atoms with E-state index in [0.717, 1.165) is 0 Å². The van der Waals surface area contributed by atoms with Crippen LogP contribution in [0.1, 0.15) is 29.9 Å². The average molecular weight is 245 g/mol.